The average molecular weight is 423 g/mol. The van der Waals surface area contributed by atoms with Gasteiger partial charge in [-0.2, -0.15) is 0 Å². The maximum atomic E-state index is 3.54. The molecule has 1 aliphatic heterocycles. The highest BCUT2D eigenvalue weighted by atomic mass is 127. The number of nitrogens with one attached hydrogen (secondary N) is 1. The number of hydrogen-bond donors (Lipinski definition) is 1. The van der Waals surface area contributed by atoms with Crippen LogP contribution in [0.3, 0.4) is 0 Å². The number of nitrogens with zero attached hydrogens (tertiary/aromatic N) is 1. The Morgan fingerprint density at radius 2 is 2.06 bits per heavy atom. The van der Waals surface area contributed by atoms with Crippen LogP contribution in [0.15, 0.2) is 22.7 Å². The number of hydrogen-bond acceptors (Lipinski definition) is 2. The second kappa shape index (κ2) is 7.82. The van der Waals surface area contributed by atoms with E-state index in [-0.39, 0.29) is 0 Å². The van der Waals surface area contributed by atoms with E-state index >= 15 is 0 Å². The van der Waals surface area contributed by atoms with Crippen LogP contribution in [0, 0.1) is 3.57 Å². The minimum Gasteiger partial charge on any atom is -0.313 e. The van der Waals surface area contributed by atoms with Crippen LogP contribution in [0.1, 0.15) is 24.8 Å². The fourth-order valence-corrected chi connectivity index (χ4v) is 3.27. The molecule has 0 saturated carbocycles. The molecule has 0 spiro atoms. The van der Waals surface area contributed by atoms with E-state index < -0.39 is 0 Å². The molecule has 1 fully saturated rings. The molecule has 1 aromatic carbocycles. The van der Waals surface area contributed by atoms with Crippen LogP contribution in [0.25, 0.3) is 0 Å². The molecule has 0 aliphatic carbocycles. The maximum absolute atomic E-state index is 3.54. The number of likely N-dealkylation sites (tertiary alicyclic amines) is 1. The number of rotatable bonds is 6. The zero-order valence-electron chi connectivity index (χ0n) is 10.6. The van der Waals surface area contributed by atoms with Crippen LogP contribution in [-0.2, 0) is 6.54 Å². The average Bonchev–Trinajstić information content (AvgIpc) is 2.86. The first-order chi connectivity index (χ1) is 8.75. The molecule has 1 saturated heterocycles. The van der Waals surface area contributed by atoms with Gasteiger partial charge in [0.25, 0.3) is 0 Å². The Balaban J connectivity index is 1.64. The van der Waals surface area contributed by atoms with Gasteiger partial charge in [-0.1, -0.05) is 15.9 Å². The Morgan fingerprint density at radius 3 is 2.83 bits per heavy atom. The molecule has 1 aliphatic rings. The predicted molar refractivity (Wildman–Crippen MR) is 88.9 cm³/mol. The van der Waals surface area contributed by atoms with Crippen LogP contribution >= 0.6 is 38.5 Å². The zero-order chi connectivity index (χ0) is 12.8. The van der Waals surface area contributed by atoms with Crippen LogP contribution in [0.2, 0.25) is 0 Å². The van der Waals surface area contributed by atoms with Crippen molar-refractivity contribution in [3.8, 4) is 0 Å². The van der Waals surface area contributed by atoms with E-state index in [4.69, 9.17) is 0 Å². The maximum Gasteiger partial charge on any atom is 0.0216 e. The monoisotopic (exact) mass is 422 g/mol. The Hall–Kier alpha value is 0.350. The summed E-state index contributed by atoms with van der Waals surface area (Å²) in [6, 6.07) is 6.46. The lowest BCUT2D eigenvalue weighted by Gasteiger charge is -2.14. The van der Waals surface area contributed by atoms with Crippen LogP contribution in [0.5, 0.6) is 0 Å². The van der Waals surface area contributed by atoms with Gasteiger partial charge in [0.2, 0.25) is 0 Å². The largest absolute Gasteiger partial charge is 0.313 e. The molecule has 0 amide bonds. The molecule has 0 atom stereocenters. The fraction of sp³-hybridized carbons (Fsp3) is 0.571. The molecule has 0 unspecified atom stereocenters. The summed E-state index contributed by atoms with van der Waals surface area (Å²) in [6.07, 6.45) is 4.04. The summed E-state index contributed by atoms with van der Waals surface area (Å²) in [5.41, 5.74) is 1.38. The highest BCUT2D eigenvalue weighted by Crippen LogP contribution is 2.18. The van der Waals surface area contributed by atoms with Gasteiger partial charge in [-0.25, -0.2) is 0 Å². The molecule has 4 heteroatoms. The van der Waals surface area contributed by atoms with Gasteiger partial charge in [0.15, 0.2) is 0 Å². The van der Waals surface area contributed by atoms with Crippen molar-refractivity contribution in [3.63, 3.8) is 0 Å². The first-order valence-electron chi connectivity index (χ1n) is 6.63. The summed E-state index contributed by atoms with van der Waals surface area (Å²) in [5.74, 6) is 0. The van der Waals surface area contributed by atoms with E-state index in [0.29, 0.717) is 0 Å². The smallest absolute Gasteiger partial charge is 0.0216 e. The molecule has 100 valence electrons. The van der Waals surface area contributed by atoms with E-state index in [9.17, 15) is 0 Å². The molecule has 2 rings (SSSR count). The first-order valence-corrected chi connectivity index (χ1v) is 8.50. The topological polar surface area (TPSA) is 15.3 Å². The summed E-state index contributed by atoms with van der Waals surface area (Å²) in [6.45, 7) is 5.95. The van der Waals surface area contributed by atoms with Gasteiger partial charge in [-0.05, 0) is 91.8 Å². The minimum absolute atomic E-state index is 0.970. The fourth-order valence-electron chi connectivity index (χ4n) is 2.34. The molecule has 18 heavy (non-hydrogen) atoms. The van der Waals surface area contributed by atoms with Crippen molar-refractivity contribution in [2.45, 2.75) is 25.8 Å². The lowest BCUT2D eigenvalue weighted by atomic mass is 10.2. The van der Waals surface area contributed by atoms with Crippen LogP contribution < -0.4 is 5.32 Å². The third-order valence-electron chi connectivity index (χ3n) is 3.35. The van der Waals surface area contributed by atoms with E-state index in [0.717, 1.165) is 17.6 Å². The van der Waals surface area contributed by atoms with Gasteiger partial charge in [0.05, 0.1) is 0 Å². The SMILES string of the molecule is Brc1ccc(I)c(CNCCCN2CCCC2)c1. The van der Waals surface area contributed by atoms with E-state index in [1.807, 2.05) is 0 Å². The van der Waals surface area contributed by atoms with Crippen molar-refractivity contribution >= 4 is 38.5 Å². The molecule has 2 nitrogen and oxygen atoms in total. The van der Waals surface area contributed by atoms with Crippen molar-refractivity contribution in [2.24, 2.45) is 0 Å². The van der Waals surface area contributed by atoms with E-state index in [2.05, 4.69) is 66.9 Å². The first kappa shape index (κ1) is 14.8. The Labute approximate surface area is 132 Å². The van der Waals surface area contributed by atoms with Crippen molar-refractivity contribution in [2.75, 3.05) is 26.2 Å². The molecule has 1 aromatic rings. The predicted octanol–water partition coefficient (Wildman–Crippen LogP) is 3.63. The van der Waals surface area contributed by atoms with E-state index in [1.54, 1.807) is 0 Å². The third kappa shape index (κ3) is 4.79. The summed E-state index contributed by atoms with van der Waals surface area (Å²) in [7, 11) is 0. The molecule has 0 radical (unpaired) electrons. The summed E-state index contributed by atoms with van der Waals surface area (Å²) in [5, 5.41) is 3.54. The van der Waals surface area contributed by atoms with Gasteiger partial charge < -0.3 is 10.2 Å². The van der Waals surface area contributed by atoms with Crippen molar-refractivity contribution in [1.82, 2.24) is 10.2 Å². The summed E-state index contributed by atoms with van der Waals surface area (Å²) >= 11 is 5.93. The highest BCUT2D eigenvalue weighted by molar-refractivity contribution is 14.1. The van der Waals surface area contributed by atoms with Gasteiger partial charge in [0.1, 0.15) is 0 Å². The van der Waals surface area contributed by atoms with Gasteiger partial charge in [0, 0.05) is 14.6 Å². The summed E-state index contributed by atoms with van der Waals surface area (Å²) < 4.78 is 2.50. The molecular weight excluding hydrogens is 403 g/mol. The van der Waals surface area contributed by atoms with E-state index in [1.165, 1.54) is 48.0 Å². The van der Waals surface area contributed by atoms with Gasteiger partial charge >= 0.3 is 0 Å². The lowest BCUT2D eigenvalue weighted by molar-refractivity contribution is 0.331. The zero-order valence-corrected chi connectivity index (χ0v) is 14.3. The second-order valence-corrected chi connectivity index (χ2v) is 6.89. The molecule has 0 bridgehead atoms. The summed E-state index contributed by atoms with van der Waals surface area (Å²) in [4.78, 5) is 2.57. The quantitative estimate of drug-likeness (QED) is 0.556. The molecule has 1 N–H and O–H groups in total. The molecule has 1 heterocycles. The number of benzene rings is 1. The third-order valence-corrected chi connectivity index (χ3v) is 4.90. The van der Waals surface area contributed by atoms with Gasteiger partial charge in [-0.15, -0.1) is 0 Å². The van der Waals surface area contributed by atoms with Crippen LogP contribution in [-0.4, -0.2) is 31.1 Å². The second-order valence-electron chi connectivity index (χ2n) is 4.81. The van der Waals surface area contributed by atoms with Crippen LogP contribution in [0.4, 0.5) is 0 Å². The Bertz CT molecular complexity index is 378. The Morgan fingerprint density at radius 1 is 1.28 bits per heavy atom. The van der Waals surface area contributed by atoms with Crippen molar-refractivity contribution in [3.05, 3.63) is 31.8 Å². The standard InChI is InChI=1S/C14H20BrIN2/c15-13-4-5-14(16)12(10-13)11-17-6-3-9-18-7-1-2-8-18/h4-5,10,17H,1-3,6-9,11H2. The van der Waals surface area contributed by atoms with Crippen molar-refractivity contribution in [1.29, 1.82) is 0 Å². The minimum atomic E-state index is 0.970. The van der Waals surface area contributed by atoms with Crippen molar-refractivity contribution < 1.29 is 0 Å². The Kier molecular flexibility index (Phi) is 6.41. The number of halogens is 2. The molecular formula is C14H20BrIN2. The lowest BCUT2D eigenvalue weighted by Crippen LogP contribution is -2.24. The van der Waals surface area contributed by atoms with Gasteiger partial charge in [-0.3, -0.25) is 0 Å². The normalized spacial score (nSPS) is 16.3. The highest BCUT2D eigenvalue weighted by Gasteiger charge is 2.09. The molecule has 0 aromatic heterocycles.